The van der Waals surface area contributed by atoms with Crippen LogP contribution in [0, 0.1) is 0 Å². The maximum Gasteiger partial charge on any atom is 0.154 e. The van der Waals surface area contributed by atoms with Crippen LogP contribution >= 0.6 is 0 Å². The van der Waals surface area contributed by atoms with Gasteiger partial charge in [-0.3, -0.25) is 0 Å². The van der Waals surface area contributed by atoms with Gasteiger partial charge in [-0.05, 0) is 6.42 Å². The first-order valence-electron chi connectivity index (χ1n) is 3.09. The van der Waals surface area contributed by atoms with E-state index >= 15 is 0 Å². The standard InChI is InChI=1S/C6H14O3/c1-3-6(7)9-5-4-8-2/h6-7H,3-5H2,1-2H3. The highest BCUT2D eigenvalue weighted by molar-refractivity contribution is 4.33. The lowest BCUT2D eigenvalue weighted by molar-refractivity contribution is -0.110. The Morgan fingerprint density at radius 3 is 2.56 bits per heavy atom. The Hall–Kier alpha value is -0.120. The van der Waals surface area contributed by atoms with Crippen LogP contribution in [0.2, 0.25) is 0 Å². The Morgan fingerprint density at radius 2 is 2.11 bits per heavy atom. The van der Waals surface area contributed by atoms with Gasteiger partial charge in [-0.25, -0.2) is 0 Å². The fraction of sp³-hybridized carbons (Fsp3) is 1.00. The molecular weight excluding hydrogens is 120 g/mol. The van der Waals surface area contributed by atoms with Crippen molar-refractivity contribution >= 4 is 0 Å². The van der Waals surface area contributed by atoms with Gasteiger partial charge in [0.25, 0.3) is 0 Å². The summed E-state index contributed by atoms with van der Waals surface area (Å²) in [6, 6.07) is 0. The van der Waals surface area contributed by atoms with Crippen molar-refractivity contribution in [2.75, 3.05) is 20.3 Å². The van der Waals surface area contributed by atoms with Crippen molar-refractivity contribution in [1.29, 1.82) is 0 Å². The quantitative estimate of drug-likeness (QED) is 0.436. The summed E-state index contributed by atoms with van der Waals surface area (Å²) >= 11 is 0. The van der Waals surface area contributed by atoms with Gasteiger partial charge in [0.15, 0.2) is 6.29 Å². The molecule has 1 unspecified atom stereocenters. The predicted molar refractivity (Wildman–Crippen MR) is 34.1 cm³/mol. The second-order valence-corrected chi connectivity index (χ2v) is 1.73. The van der Waals surface area contributed by atoms with Crippen molar-refractivity contribution in [2.24, 2.45) is 0 Å². The molecular formula is C6H14O3. The summed E-state index contributed by atoms with van der Waals surface area (Å²) in [6.45, 7) is 2.86. The Bertz CT molecular complexity index is 56.3. The number of aliphatic hydroxyl groups excluding tert-OH is 1. The highest BCUT2D eigenvalue weighted by atomic mass is 16.6. The predicted octanol–water partition coefficient (Wildman–Crippen LogP) is 0.378. The fourth-order valence-electron chi connectivity index (χ4n) is 0.385. The molecule has 0 aromatic carbocycles. The number of rotatable bonds is 5. The zero-order valence-corrected chi connectivity index (χ0v) is 5.96. The normalized spacial score (nSPS) is 13.7. The lowest BCUT2D eigenvalue weighted by Crippen LogP contribution is -2.13. The van der Waals surface area contributed by atoms with Crippen molar-refractivity contribution in [3.8, 4) is 0 Å². The molecule has 1 atom stereocenters. The molecule has 1 N–H and O–H groups in total. The smallest absolute Gasteiger partial charge is 0.154 e. The molecule has 0 aromatic heterocycles. The van der Waals surface area contributed by atoms with Gasteiger partial charge in [-0.15, -0.1) is 0 Å². The Balaban J connectivity index is 2.88. The van der Waals surface area contributed by atoms with Crippen LogP contribution in [-0.4, -0.2) is 31.7 Å². The lowest BCUT2D eigenvalue weighted by Gasteiger charge is -2.07. The lowest BCUT2D eigenvalue weighted by atomic mass is 10.5. The van der Waals surface area contributed by atoms with Gasteiger partial charge in [0.05, 0.1) is 13.2 Å². The first-order valence-corrected chi connectivity index (χ1v) is 3.09. The topological polar surface area (TPSA) is 38.7 Å². The first-order chi connectivity index (χ1) is 4.31. The van der Waals surface area contributed by atoms with E-state index < -0.39 is 6.29 Å². The van der Waals surface area contributed by atoms with Gasteiger partial charge >= 0.3 is 0 Å². The zero-order chi connectivity index (χ0) is 7.11. The first kappa shape index (κ1) is 8.88. The molecule has 9 heavy (non-hydrogen) atoms. The van der Waals surface area contributed by atoms with Crippen LogP contribution in [-0.2, 0) is 9.47 Å². The molecule has 0 aromatic rings. The summed E-state index contributed by atoms with van der Waals surface area (Å²) < 4.78 is 9.56. The van der Waals surface area contributed by atoms with Crippen LogP contribution in [0.1, 0.15) is 13.3 Å². The van der Waals surface area contributed by atoms with Crippen LogP contribution in [0.3, 0.4) is 0 Å². The number of methoxy groups -OCH3 is 1. The monoisotopic (exact) mass is 134 g/mol. The third kappa shape index (κ3) is 5.76. The molecule has 0 aliphatic carbocycles. The maximum absolute atomic E-state index is 8.81. The average molecular weight is 134 g/mol. The molecule has 0 saturated carbocycles. The summed E-state index contributed by atoms with van der Waals surface area (Å²) in [5.74, 6) is 0. The highest BCUT2D eigenvalue weighted by Gasteiger charge is 1.96. The van der Waals surface area contributed by atoms with Gasteiger partial charge in [0.1, 0.15) is 0 Å². The minimum Gasteiger partial charge on any atom is -0.382 e. The summed E-state index contributed by atoms with van der Waals surface area (Å²) in [4.78, 5) is 0. The number of hydrogen-bond donors (Lipinski definition) is 1. The minimum atomic E-state index is -0.625. The van der Waals surface area contributed by atoms with E-state index in [2.05, 4.69) is 0 Å². The number of hydrogen-bond acceptors (Lipinski definition) is 3. The molecule has 0 amide bonds. The second-order valence-electron chi connectivity index (χ2n) is 1.73. The van der Waals surface area contributed by atoms with Crippen molar-refractivity contribution in [3.05, 3.63) is 0 Å². The minimum absolute atomic E-state index is 0.464. The van der Waals surface area contributed by atoms with E-state index in [9.17, 15) is 0 Å². The molecule has 56 valence electrons. The summed E-state index contributed by atoms with van der Waals surface area (Å²) in [5.41, 5.74) is 0. The van der Waals surface area contributed by atoms with Gasteiger partial charge in [-0.2, -0.15) is 0 Å². The van der Waals surface area contributed by atoms with Gasteiger partial charge in [-0.1, -0.05) is 6.92 Å². The van der Waals surface area contributed by atoms with E-state index in [1.807, 2.05) is 6.92 Å². The molecule has 0 rings (SSSR count). The molecule has 0 spiro atoms. The summed E-state index contributed by atoms with van der Waals surface area (Å²) in [5, 5.41) is 8.81. The molecule has 0 fully saturated rings. The Kier molecular flexibility index (Phi) is 5.93. The zero-order valence-electron chi connectivity index (χ0n) is 5.96. The third-order valence-electron chi connectivity index (χ3n) is 0.947. The van der Waals surface area contributed by atoms with Gasteiger partial charge in [0.2, 0.25) is 0 Å². The van der Waals surface area contributed by atoms with Crippen molar-refractivity contribution in [3.63, 3.8) is 0 Å². The Morgan fingerprint density at radius 1 is 1.44 bits per heavy atom. The molecule has 0 radical (unpaired) electrons. The number of aliphatic hydroxyl groups is 1. The van der Waals surface area contributed by atoms with Crippen LogP contribution in [0.5, 0.6) is 0 Å². The summed E-state index contributed by atoms with van der Waals surface area (Å²) in [6.07, 6.45) is 0.00382. The van der Waals surface area contributed by atoms with Crippen LogP contribution < -0.4 is 0 Å². The van der Waals surface area contributed by atoms with E-state index in [-0.39, 0.29) is 0 Å². The van der Waals surface area contributed by atoms with Crippen molar-refractivity contribution in [2.45, 2.75) is 19.6 Å². The molecule has 0 saturated heterocycles. The fourth-order valence-corrected chi connectivity index (χ4v) is 0.385. The maximum atomic E-state index is 8.81. The molecule has 3 nitrogen and oxygen atoms in total. The van der Waals surface area contributed by atoms with E-state index in [4.69, 9.17) is 14.6 Å². The molecule has 0 heterocycles. The van der Waals surface area contributed by atoms with Crippen molar-refractivity contribution < 1.29 is 14.6 Å². The highest BCUT2D eigenvalue weighted by Crippen LogP contribution is 1.90. The van der Waals surface area contributed by atoms with E-state index in [1.165, 1.54) is 0 Å². The van der Waals surface area contributed by atoms with E-state index in [0.29, 0.717) is 19.6 Å². The second kappa shape index (κ2) is 6.01. The molecule has 3 heteroatoms. The SMILES string of the molecule is CCC(O)OCCOC. The molecule has 0 bridgehead atoms. The molecule has 0 aliphatic heterocycles. The molecule has 0 aliphatic rings. The number of ether oxygens (including phenoxy) is 2. The van der Waals surface area contributed by atoms with E-state index in [1.54, 1.807) is 7.11 Å². The summed E-state index contributed by atoms with van der Waals surface area (Å²) in [7, 11) is 1.60. The van der Waals surface area contributed by atoms with E-state index in [0.717, 1.165) is 0 Å². The average Bonchev–Trinajstić information content (AvgIpc) is 1.89. The van der Waals surface area contributed by atoms with Crippen LogP contribution in [0.25, 0.3) is 0 Å². The van der Waals surface area contributed by atoms with Gasteiger partial charge < -0.3 is 14.6 Å². The van der Waals surface area contributed by atoms with Crippen LogP contribution in [0.15, 0.2) is 0 Å². The van der Waals surface area contributed by atoms with Crippen molar-refractivity contribution in [1.82, 2.24) is 0 Å². The largest absolute Gasteiger partial charge is 0.382 e. The van der Waals surface area contributed by atoms with Gasteiger partial charge in [0, 0.05) is 7.11 Å². The third-order valence-corrected chi connectivity index (χ3v) is 0.947. The van der Waals surface area contributed by atoms with Crippen LogP contribution in [0.4, 0.5) is 0 Å². The Labute approximate surface area is 55.6 Å².